The number of aromatic amines is 1. The molecule has 22 heavy (non-hydrogen) atoms. The summed E-state index contributed by atoms with van der Waals surface area (Å²) in [6, 6.07) is 10.1. The number of hydrogen-bond donors (Lipinski definition) is 2. The Kier molecular flexibility index (Phi) is 3.53. The second-order valence-electron chi connectivity index (χ2n) is 4.66. The molecule has 0 saturated carbocycles. The van der Waals surface area contributed by atoms with Crippen molar-refractivity contribution in [2.24, 2.45) is 0 Å². The summed E-state index contributed by atoms with van der Waals surface area (Å²) in [5.41, 5.74) is 0.511. The molecule has 2 heterocycles. The molecule has 0 atom stereocenters. The molecule has 3 aromatic rings. The van der Waals surface area contributed by atoms with Crippen molar-refractivity contribution >= 4 is 22.7 Å². The van der Waals surface area contributed by atoms with Crippen LogP contribution in [0.15, 0.2) is 53.7 Å². The lowest BCUT2D eigenvalue weighted by Gasteiger charge is -2.06. The van der Waals surface area contributed by atoms with Crippen LogP contribution in [0.3, 0.4) is 0 Å². The summed E-state index contributed by atoms with van der Waals surface area (Å²) in [5, 5.41) is 2.63. The monoisotopic (exact) mass is 296 g/mol. The lowest BCUT2D eigenvalue weighted by atomic mass is 10.2. The number of para-hydroxylation sites is 1. The van der Waals surface area contributed by atoms with E-state index in [1.54, 1.807) is 42.6 Å². The fraction of sp³-hybridized carbons (Fsp3) is 0.0667. The molecule has 0 aliphatic carbocycles. The van der Waals surface area contributed by atoms with Crippen molar-refractivity contribution in [1.29, 1.82) is 0 Å². The molecule has 0 spiro atoms. The SMILES string of the molecule is O=C(Cn1cnc2ccccc2c1=O)NC(=O)c1ccc[nH]1. The molecule has 7 heteroatoms. The van der Waals surface area contributed by atoms with Gasteiger partial charge < -0.3 is 4.98 Å². The van der Waals surface area contributed by atoms with Crippen LogP contribution in [0.4, 0.5) is 0 Å². The molecule has 0 unspecified atom stereocenters. The number of amides is 2. The van der Waals surface area contributed by atoms with Crippen molar-refractivity contribution in [3.8, 4) is 0 Å². The maximum atomic E-state index is 12.2. The largest absolute Gasteiger partial charge is 0.357 e. The maximum absolute atomic E-state index is 12.2. The molecular formula is C15H12N4O3. The summed E-state index contributed by atoms with van der Waals surface area (Å²) >= 11 is 0. The topological polar surface area (TPSA) is 96.8 Å². The number of H-pyrrole nitrogens is 1. The van der Waals surface area contributed by atoms with E-state index in [0.717, 1.165) is 0 Å². The number of carbonyl (C=O) groups is 2. The maximum Gasteiger partial charge on any atom is 0.274 e. The third-order valence-corrected chi connectivity index (χ3v) is 3.14. The molecule has 3 rings (SSSR count). The number of nitrogens with one attached hydrogen (secondary N) is 2. The Labute approximate surface area is 124 Å². The first-order chi connectivity index (χ1) is 10.6. The fourth-order valence-corrected chi connectivity index (χ4v) is 2.08. The Morgan fingerprint density at radius 2 is 2.00 bits per heavy atom. The standard InChI is InChI=1S/C15H12N4O3/c20-13(18-14(21)12-6-3-7-16-12)8-19-9-17-11-5-2-1-4-10(11)15(19)22/h1-7,9,16H,8H2,(H,18,20,21). The van der Waals surface area contributed by atoms with E-state index in [1.807, 2.05) is 0 Å². The molecule has 2 aromatic heterocycles. The molecule has 110 valence electrons. The fourth-order valence-electron chi connectivity index (χ4n) is 2.08. The Morgan fingerprint density at radius 3 is 2.77 bits per heavy atom. The first kappa shape index (κ1) is 13.7. The van der Waals surface area contributed by atoms with Crippen LogP contribution >= 0.6 is 0 Å². The number of imide groups is 1. The number of aromatic nitrogens is 3. The van der Waals surface area contributed by atoms with Crippen LogP contribution in [0.1, 0.15) is 10.5 Å². The highest BCUT2D eigenvalue weighted by atomic mass is 16.2. The molecular weight excluding hydrogens is 284 g/mol. The first-order valence-corrected chi connectivity index (χ1v) is 6.57. The third kappa shape index (κ3) is 2.64. The van der Waals surface area contributed by atoms with Gasteiger partial charge in [0.05, 0.1) is 17.2 Å². The molecule has 7 nitrogen and oxygen atoms in total. The summed E-state index contributed by atoms with van der Waals surface area (Å²) in [6.45, 7) is -0.275. The number of rotatable bonds is 3. The van der Waals surface area contributed by atoms with Crippen molar-refractivity contribution in [3.63, 3.8) is 0 Å². The van der Waals surface area contributed by atoms with E-state index in [9.17, 15) is 14.4 Å². The number of fused-ring (bicyclic) bond motifs is 1. The minimum absolute atomic E-state index is 0.275. The molecule has 0 radical (unpaired) electrons. The highest BCUT2D eigenvalue weighted by Gasteiger charge is 2.12. The molecule has 2 N–H and O–H groups in total. The van der Waals surface area contributed by atoms with E-state index >= 15 is 0 Å². The highest BCUT2D eigenvalue weighted by molar-refractivity contribution is 6.03. The second kappa shape index (κ2) is 5.65. The van der Waals surface area contributed by atoms with Gasteiger partial charge in [-0.2, -0.15) is 0 Å². The van der Waals surface area contributed by atoms with Crippen LogP contribution < -0.4 is 10.9 Å². The van der Waals surface area contributed by atoms with Gasteiger partial charge in [0.25, 0.3) is 11.5 Å². The number of nitrogens with zero attached hydrogens (tertiary/aromatic N) is 2. The molecule has 1 aromatic carbocycles. The van der Waals surface area contributed by atoms with E-state index in [4.69, 9.17) is 0 Å². The van der Waals surface area contributed by atoms with Crippen molar-refractivity contribution in [3.05, 3.63) is 65.0 Å². The van der Waals surface area contributed by atoms with Crippen LogP contribution in [-0.2, 0) is 11.3 Å². The lowest BCUT2D eigenvalue weighted by Crippen LogP contribution is -2.36. The van der Waals surface area contributed by atoms with Gasteiger partial charge in [-0.05, 0) is 24.3 Å². The van der Waals surface area contributed by atoms with Crippen LogP contribution in [0.5, 0.6) is 0 Å². The summed E-state index contributed by atoms with van der Waals surface area (Å²) < 4.78 is 1.17. The normalized spacial score (nSPS) is 10.5. The molecule has 0 aliphatic rings. The number of hydrogen-bond acceptors (Lipinski definition) is 4. The van der Waals surface area contributed by atoms with E-state index in [2.05, 4.69) is 15.3 Å². The van der Waals surface area contributed by atoms with Crippen molar-refractivity contribution in [1.82, 2.24) is 19.9 Å². The summed E-state index contributed by atoms with van der Waals surface area (Å²) in [6.07, 6.45) is 2.88. The van der Waals surface area contributed by atoms with E-state index in [0.29, 0.717) is 10.9 Å². The average Bonchev–Trinajstić information content (AvgIpc) is 3.05. The zero-order chi connectivity index (χ0) is 15.5. The molecule has 0 bridgehead atoms. The van der Waals surface area contributed by atoms with Gasteiger partial charge in [0, 0.05) is 6.20 Å². The Balaban J connectivity index is 1.78. The predicted octanol–water partition coefficient (Wildman–Crippen LogP) is 0.681. The molecule has 0 fully saturated rings. The quantitative estimate of drug-likeness (QED) is 0.742. The zero-order valence-corrected chi connectivity index (χ0v) is 11.4. The van der Waals surface area contributed by atoms with Crippen molar-refractivity contribution in [2.75, 3.05) is 0 Å². The smallest absolute Gasteiger partial charge is 0.274 e. The summed E-state index contributed by atoms with van der Waals surface area (Å²) in [4.78, 5) is 42.7. The van der Waals surface area contributed by atoms with Crippen molar-refractivity contribution in [2.45, 2.75) is 6.54 Å². The Bertz CT molecular complexity index is 897. The minimum atomic E-state index is -0.584. The Morgan fingerprint density at radius 1 is 1.18 bits per heavy atom. The van der Waals surface area contributed by atoms with Gasteiger partial charge in [-0.25, -0.2) is 4.98 Å². The Hall–Kier alpha value is -3.22. The predicted molar refractivity (Wildman–Crippen MR) is 79.3 cm³/mol. The van der Waals surface area contributed by atoms with Gasteiger partial charge in [0.15, 0.2) is 0 Å². The van der Waals surface area contributed by atoms with Gasteiger partial charge in [0.1, 0.15) is 12.2 Å². The van der Waals surface area contributed by atoms with E-state index in [-0.39, 0.29) is 17.8 Å². The van der Waals surface area contributed by atoms with Crippen LogP contribution in [-0.4, -0.2) is 26.3 Å². The van der Waals surface area contributed by atoms with Gasteiger partial charge >= 0.3 is 0 Å². The summed E-state index contributed by atoms with van der Waals surface area (Å²) in [5.74, 6) is -1.13. The second-order valence-corrected chi connectivity index (χ2v) is 4.66. The summed E-state index contributed by atoms with van der Waals surface area (Å²) in [7, 11) is 0. The molecule has 2 amide bonds. The molecule has 0 saturated heterocycles. The van der Waals surface area contributed by atoms with Crippen LogP contribution in [0.2, 0.25) is 0 Å². The number of benzene rings is 1. The van der Waals surface area contributed by atoms with Gasteiger partial charge in [-0.3, -0.25) is 24.3 Å². The molecule has 0 aliphatic heterocycles. The van der Waals surface area contributed by atoms with Gasteiger partial charge in [0.2, 0.25) is 5.91 Å². The van der Waals surface area contributed by atoms with Gasteiger partial charge in [-0.1, -0.05) is 12.1 Å². The third-order valence-electron chi connectivity index (χ3n) is 3.14. The van der Waals surface area contributed by atoms with Crippen molar-refractivity contribution < 1.29 is 9.59 Å². The van der Waals surface area contributed by atoms with Crippen LogP contribution in [0, 0.1) is 0 Å². The minimum Gasteiger partial charge on any atom is -0.357 e. The van der Waals surface area contributed by atoms with Crippen LogP contribution in [0.25, 0.3) is 10.9 Å². The van der Waals surface area contributed by atoms with E-state index in [1.165, 1.54) is 10.9 Å². The average molecular weight is 296 g/mol. The van der Waals surface area contributed by atoms with Gasteiger partial charge in [-0.15, -0.1) is 0 Å². The zero-order valence-electron chi connectivity index (χ0n) is 11.4. The lowest BCUT2D eigenvalue weighted by molar-refractivity contribution is -0.120. The highest BCUT2D eigenvalue weighted by Crippen LogP contribution is 2.04. The first-order valence-electron chi connectivity index (χ1n) is 6.57. The van der Waals surface area contributed by atoms with E-state index < -0.39 is 11.8 Å². The number of carbonyl (C=O) groups excluding carboxylic acids is 2.